The lowest BCUT2D eigenvalue weighted by Gasteiger charge is -2.09. The molecular weight excluding hydrogens is 168 g/mol. The fraction of sp³-hybridized carbons (Fsp3) is 0.400. The third-order valence-electron chi connectivity index (χ3n) is 1.97. The monoisotopic (exact) mass is 182 g/mol. The summed E-state index contributed by atoms with van der Waals surface area (Å²) in [6.07, 6.45) is 0.841. The van der Waals surface area contributed by atoms with Crippen LogP contribution in [0.3, 0.4) is 0 Å². The van der Waals surface area contributed by atoms with Crippen LogP contribution in [0, 0.1) is 0 Å². The van der Waals surface area contributed by atoms with Gasteiger partial charge in [-0.1, -0.05) is 6.07 Å². The van der Waals surface area contributed by atoms with Crippen LogP contribution < -0.4 is 0 Å². The summed E-state index contributed by atoms with van der Waals surface area (Å²) in [5.74, 6) is -0.172. The molecule has 0 aliphatic rings. The maximum Gasteiger partial charge on any atom is 0.157 e. The highest BCUT2D eigenvalue weighted by molar-refractivity contribution is 5.40. The zero-order valence-electron chi connectivity index (χ0n) is 7.82. The molecule has 0 saturated carbocycles. The number of methoxy groups -OCH3 is 1. The Morgan fingerprint density at radius 1 is 1.31 bits per heavy atom. The highest BCUT2D eigenvalue weighted by atomic mass is 16.5. The smallest absolute Gasteiger partial charge is 0.157 e. The number of rotatable bonds is 3. The van der Waals surface area contributed by atoms with E-state index in [1.807, 2.05) is 6.92 Å². The van der Waals surface area contributed by atoms with Crippen molar-refractivity contribution in [2.75, 3.05) is 7.11 Å². The molecule has 0 radical (unpaired) electrons. The van der Waals surface area contributed by atoms with Crippen LogP contribution in [0.5, 0.6) is 11.5 Å². The summed E-state index contributed by atoms with van der Waals surface area (Å²) in [6.45, 7) is 1.95. The quantitative estimate of drug-likeness (QED) is 0.699. The average Bonchev–Trinajstić information content (AvgIpc) is 2.11. The van der Waals surface area contributed by atoms with Crippen LogP contribution in [0.15, 0.2) is 18.2 Å². The Morgan fingerprint density at radius 2 is 2.00 bits per heavy atom. The molecule has 72 valence electrons. The van der Waals surface area contributed by atoms with Crippen LogP contribution in [-0.4, -0.2) is 23.4 Å². The first kappa shape index (κ1) is 9.86. The van der Waals surface area contributed by atoms with Crippen LogP contribution in [0.25, 0.3) is 0 Å². The molecule has 1 atom stereocenters. The van der Waals surface area contributed by atoms with Crippen molar-refractivity contribution in [1.82, 2.24) is 0 Å². The van der Waals surface area contributed by atoms with E-state index in [1.54, 1.807) is 19.2 Å². The molecule has 2 N–H and O–H groups in total. The molecule has 0 bridgehead atoms. The predicted molar refractivity (Wildman–Crippen MR) is 49.9 cm³/mol. The van der Waals surface area contributed by atoms with Crippen molar-refractivity contribution in [3.63, 3.8) is 0 Å². The Balaban J connectivity index is 2.73. The lowest BCUT2D eigenvalue weighted by atomic mass is 10.1. The Morgan fingerprint density at radius 3 is 2.54 bits per heavy atom. The van der Waals surface area contributed by atoms with Crippen LogP contribution in [0.2, 0.25) is 0 Å². The van der Waals surface area contributed by atoms with Crippen molar-refractivity contribution in [1.29, 1.82) is 0 Å². The van der Waals surface area contributed by atoms with Gasteiger partial charge in [0.15, 0.2) is 11.5 Å². The lowest BCUT2D eigenvalue weighted by Crippen LogP contribution is -2.08. The standard InChI is InChI=1S/C10H14O3/c1-7(13-2)5-8-3-4-9(11)10(12)6-8/h3-4,6-7,11-12H,5H2,1-2H3/t7-/m0/s1. The van der Waals surface area contributed by atoms with E-state index in [4.69, 9.17) is 9.84 Å². The van der Waals surface area contributed by atoms with Gasteiger partial charge in [0.2, 0.25) is 0 Å². The number of hydrogen-bond acceptors (Lipinski definition) is 3. The zero-order chi connectivity index (χ0) is 9.84. The number of phenols is 2. The number of hydrogen-bond donors (Lipinski definition) is 2. The molecule has 1 rings (SSSR count). The van der Waals surface area contributed by atoms with Crippen LogP contribution in [0.1, 0.15) is 12.5 Å². The van der Waals surface area contributed by atoms with E-state index in [9.17, 15) is 5.11 Å². The van der Waals surface area contributed by atoms with Crippen molar-refractivity contribution in [3.05, 3.63) is 23.8 Å². The van der Waals surface area contributed by atoms with Gasteiger partial charge < -0.3 is 14.9 Å². The molecule has 0 aliphatic carbocycles. The van der Waals surface area contributed by atoms with Crippen molar-refractivity contribution >= 4 is 0 Å². The lowest BCUT2D eigenvalue weighted by molar-refractivity contribution is 0.119. The van der Waals surface area contributed by atoms with E-state index in [0.717, 1.165) is 12.0 Å². The van der Waals surface area contributed by atoms with Crippen LogP contribution >= 0.6 is 0 Å². The van der Waals surface area contributed by atoms with Gasteiger partial charge in [0.25, 0.3) is 0 Å². The molecule has 1 aromatic carbocycles. The van der Waals surface area contributed by atoms with Gasteiger partial charge in [-0.15, -0.1) is 0 Å². The number of ether oxygens (including phenoxy) is 1. The van der Waals surface area contributed by atoms with Gasteiger partial charge in [0.1, 0.15) is 0 Å². The first-order valence-corrected chi connectivity index (χ1v) is 4.17. The largest absolute Gasteiger partial charge is 0.504 e. The Kier molecular flexibility index (Phi) is 3.14. The highest BCUT2D eigenvalue weighted by Crippen LogP contribution is 2.25. The molecule has 3 heteroatoms. The Hall–Kier alpha value is -1.22. The number of aromatic hydroxyl groups is 2. The Labute approximate surface area is 77.6 Å². The molecule has 0 aromatic heterocycles. The van der Waals surface area contributed by atoms with Gasteiger partial charge in [-0.3, -0.25) is 0 Å². The van der Waals surface area contributed by atoms with E-state index in [2.05, 4.69) is 0 Å². The molecule has 0 unspecified atom stereocenters. The van der Waals surface area contributed by atoms with Crippen molar-refractivity contribution < 1.29 is 14.9 Å². The normalized spacial score (nSPS) is 12.8. The van der Waals surface area contributed by atoms with Crippen LogP contribution in [-0.2, 0) is 11.2 Å². The summed E-state index contributed by atoms with van der Waals surface area (Å²) in [4.78, 5) is 0. The van der Waals surface area contributed by atoms with Gasteiger partial charge in [0, 0.05) is 7.11 Å². The predicted octanol–water partition coefficient (Wildman–Crippen LogP) is 1.68. The van der Waals surface area contributed by atoms with Crippen LogP contribution in [0.4, 0.5) is 0 Å². The number of phenolic OH excluding ortho intramolecular Hbond substituents is 2. The summed E-state index contributed by atoms with van der Waals surface area (Å²) < 4.78 is 5.08. The Bertz CT molecular complexity index is 283. The minimum atomic E-state index is -0.0891. The summed E-state index contributed by atoms with van der Waals surface area (Å²) in [7, 11) is 1.64. The van der Waals surface area contributed by atoms with E-state index < -0.39 is 0 Å². The first-order chi connectivity index (χ1) is 6.13. The van der Waals surface area contributed by atoms with E-state index in [1.165, 1.54) is 6.07 Å². The molecule has 13 heavy (non-hydrogen) atoms. The van der Waals surface area contributed by atoms with E-state index in [0.29, 0.717) is 0 Å². The van der Waals surface area contributed by atoms with Gasteiger partial charge in [0.05, 0.1) is 6.10 Å². The second-order valence-corrected chi connectivity index (χ2v) is 3.07. The summed E-state index contributed by atoms with van der Waals surface area (Å²) in [5.41, 5.74) is 0.949. The van der Waals surface area contributed by atoms with E-state index >= 15 is 0 Å². The maximum atomic E-state index is 9.19. The minimum Gasteiger partial charge on any atom is -0.504 e. The summed E-state index contributed by atoms with van der Waals surface area (Å²) >= 11 is 0. The second-order valence-electron chi connectivity index (χ2n) is 3.07. The molecule has 0 aliphatic heterocycles. The third kappa shape index (κ3) is 2.63. The SMILES string of the molecule is CO[C@@H](C)Cc1ccc(O)c(O)c1. The summed E-state index contributed by atoms with van der Waals surface area (Å²) in [6, 6.07) is 4.79. The molecular formula is C10H14O3. The zero-order valence-corrected chi connectivity index (χ0v) is 7.82. The fourth-order valence-corrected chi connectivity index (χ4v) is 1.11. The van der Waals surface area contributed by atoms with Crippen molar-refractivity contribution in [2.45, 2.75) is 19.4 Å². The fourth-order valence-electron chi connectivity index (χ4n) is 1.11. The van der Waals surface area contributed by atoms with Gasteiger partial charge >= 0.3 is 0 Å². The highest BCUT2D eigenvalue weighted by Gasteiger charge is 2.04. The molecule has 0 amide bonds. The molecule has 0 spiro atoms. The van der Waals surface area contributed by atoms with Gasteiger partial charge in [-0.05, 0) is 31.0 Å². The molecule has 1 aromatic rings. The van der Waals surface area contributed by atoms with Crippen molar-refractivity contribution in [3.8, 4) is 11.5 Å². The maximum absolute atomic E-state index is 9.19. The number of benzene rings is 1. The first-order valence-electron chi connectivity index (χ1n) is 4.17. The third-order valence-corrected chi connectivity index (χ3v) is 1.97. The minimum absolute atomic E-state index is 0.0826. The molecule has 0 saturated heterocycles. The molecule has 0 fully saturated rings. The van der Waals surface area contributed by atoms with Gasteiger partial charge in [-0.25, -0.2) is 0 Å². The molecule has 3 nitrogen and oxygen atoms in total. The molecule has 0 heterocycles. The summed E-state index contributed by atoms with van der Waals surface area (Å²) in [5, 5.41) is 18.2. The second kappa shape index (κ2) is 4.14. The van der Waals surface area contributed by atoms with E-state index in [-0.39, 0.29) is 17.6 Å². The van der Waals surface area contributed by atoms with Gasteiger partial charge in [-0.2, -0.15) is 0 Å². The van der Waals surface area contributed by atoms with Crippen molar-refractivity contribution in [2.24, 2.45) is 0 Å². The topological polar surface area (TPSA) is 49.7 Å². The average molecular weight is 182 g/mol.